The van der Waals surface area contributed by atoms with E-state index in [0.29, 0.717) is 5.56 Å². The summed E-state index contributed by atoms with van der Waals surface area (Å²) in [6, 6.07) is 5.66. The fourth-order valence-corrected chi connectivity index (χ4v) is 1.20. The van der Waals surface area contributed by atoms with Crippen molar-refractivity contribution in [2.45, 2.75) is 6.92 Å². The van der Waals surface area contributed by atoms with Crippen LogP contribution in [0.3, 0.4) is 0 Å². The number of hydrogen-bond acceptors (Lipinski definition) is 4. The quantitative estimate of drug-likeness (QED) is 0.366. The van der Waals surface area contributed by atoms with Gasteiger partial charge >= 0.3 is 5.97 Å². The Kier molecular flexibility index (Phi) is 4.21. The highest BCUT2D eigenvalue weighted by Gasteiger charge is 2.10. The molecule has 0 heterocycles. The molecule has 0 atom stereocenters. The molecule has 17 heavy (non-hydrogen) atoms. The number of non-ortho nitro benzene ring substituents is 1. The fourth-order valence-electron chi connectivity index (χ4n) is 1.20. The molecule has 90 valence electrons. The van der Waals surface area contributed by atoms with Gasteiger partial charge in [-0.2, -0.15) is 0 Å². The molecule has 1 rings (SSSR count). The van der Waals surface area contributed by atoms with Crippen molar-refractivity contribution in [2.24, 2.45) is 0 Å². The van der Waals surface area contributed by atoms with Gasteiger partial charge in [-0.1, -0.05) is 12.1 Å². The summed E-state index contributed by atoms with van der Waals surface area (Å²) in [6.45, 7) is 1.87. The van der Waals surface area contributed by atoms with Crippen LogP contribution in [0, 0.1) is 10.1 Å². The van der Waals surface area contributed by atoms with Crippen LogP contribution in [-0.2, 0) is 9.53 Å². The van der Waals surface area contributed by atoms with Gasteiger partial charge in [-0.3, -0.25) is 10.1 Å². The monoisotopic (exact) mass is 237 g/mol. The van der Waals surface area contributed by atoms with Gasteiger partial charge in [0.2, 0.25) is 5.76 Å². The van der Waals surface area contributed by atoms with Crippen molar-refractivity contribution in [2.75, 3.05) is 6.61 Å². The van der Waals surface area contributed by atoms with E-state index in [-0.39, 0.29) is 18.1 Å². The Labute approximate surface area is 97.3 Å². The van der Waals surface area contributed by atoms with E-state index in [0.717, 1.165) is 0 Å². The minimum absolute atomic E-state index is 0.0972. The number of aliphatic carboxylic acids is 1. The molecular weight excluding hydrogens is 226 g/mol. The molecule has 6 nitrogen and oxygen atoms in total. The second-order valence-corrected chi connectivity index (χ2v) is 3.10. The molecule has 0 aliphatic rings. The van der Waals surface area contributed by atoms with Gasteiger partial charge in [0.05, 0.1) is 11.5 Å². The Morgan fingerprint density at radius 3 is 2.82 bits per heavy atom. The molecule has 1 N–H and O–H groups in total. The Hall–Kier alpha value is -2.37. The molecule has 0 radical (unpaired) electrons. The van der Waals surface area contributed by atoms with Gasteiger partial charge in [0, 0.05) is 12.1 Å². The van der Waals surface area contributed by atoms with Crippen molar-refractivity contribution in [3.8, 4) is 0 Å². The number of benzene rings is 1. The van der Waals surface area contributed by atoms with E-state index in [4.69, 9.17) is 9.84 Å². The first-order valence-electron chi connectivity index (χ1n) is 4.87. The highest BCUT2D eigenvalue weighted by Crippen LogP contribution is 2.16. The molecule has 0 spiro atoms. The first-order valence-corrected chi connectivity index (χ1v) is 4.87. The Morgan fingerprint density at radius 1 is 1.59 bits per heavy atom. The van der Waals surface area contributed by atoms with Crippen molar-refractivity contribution in [3.05, 3.63) is 45.7 Å². The third kappa shape index (κ3) is 3.60. The van der Waals surface area contributed by atoms with Crippen molar-refractivity contribution in [1.29, 1.82) is 0 Å². The third-order valence-electron chi connectivity index (χ3n) is 1.89. The Morgan fingerprint density at radius 2 is 2.29 bits per heavy atom. The molecule has 0 aliphatic carbocycles. The van der Waals surface area contributed by atoms with Crippen LogP contribution in [0.1, 0.15) is 12.5 Å². The molecule has 0 unspecified atom stereocenters. The Bertz CT molecular complexity index is 467. The van der Waals surface area contributed by atoms with Gasteiger partial charge in [-0.15, -0.1) is 0 Å². The van der Waals surface area contributed by atoms with Gasteiger partial charge < -0.3 is 9.84 Å². The molecule has 0 amide bonds. The number of carboxylic acids is 1. The van der Waals surface area contributed by atoms with Gasteiger partial charge in [-0.05, 0) is 18.6 Å². The maximum absolute atomic E-state index is 10.8. The predicted molar refractivity (Wildman–Crippen MR) is 60.3 cm³/mol. The topological polar surface area (TPSA) is 89.7 Å². The molecule has 0 aromatic heterocycles. The van der Waals surface area contributed by atoms with Crippen LogP contribution in [0.25, 0.3) is 6.08 Å². The number of nitro groups is 1. The lowest BCUT2D eigenvalue weighted by molar-refractivity contribution is -0.384. The molecule has 0 fully saturated rings. The van der Waals surface area contributed by atoms with Gasteiger partial charge in [0.25, 0.3) is 5.69 Å². The predicted octanol–water partition coefficient (Wildman–Crippen LogP) is 2.06. The van der Waals surface area contributed by atoms with Crippen molar-refractivity contribution in [3.63, 3.8) is 0 Å². The number of nitro benzene ring substituents is 1. The highest BCUT2D eigenvalue weighted by molar-refractivity contribution is 5.89. The van der Waals surface area contributed by atoms with Crippen LogP contribution in [0.4, 0.5) is 5.69 Å². The van der Waals surface area contributed by atoms with E-state index >= 15 is 0 Å². The average molecular weight is 237 g/mol. The first kappa shape index (κ1) is 12.7. The fraction of sp³-hybridized carbons (Fsp3) is 0.182. The minimum Gasteiger partial charge on any atom is -0.487 e. The first-order chi connectivity index (χ1) is 8.04. The maximum atomic E-state index is 10.8. The zero-order valence-electron chi connectivity index (χ0n) is 9.12. The summed E-state index contributed by atoms with van der Waals surface area (Å²) in [6.07, 6.45) is 1.25. The average Bonchev–Trinajstić information content (AvgIpc) is 2.28. The molecular formula is C11H11NO5. The van der Waals surface area contributed by atoms with E-state index in [1.54, 1.807) is 13.0 Å². The molecule has 1 aromatic carbocycles. The number of ether oxygens (including phenoxy) is 1. The van der Waals surface area contributed by atoms with Crippen molar-refractivity contribution >= 4 is 17.7 Å². The second kappa shape index (κ2) is 5.64. The summed E-state index contributed by atoms with van der Waals surface area (Å²) in [5.41, 5.74) is 0.310. The third-order valence-corrected chi connectivity index (χ3v) is 1.89. The number of carbonyl (C=O) groups is 1. The van der Waals surface area contributed by atoms with Crippen molar-refractivity contribution < 1.29 is 19.6 Å². The number of rotatable bonds is 5. The maximum Gasteiger partial charge on any atom is 0.371 e. The summed E-state index contributed by atoms with van der Waals surface area (Å²) >= 11 is 0. The van der Waals surface area contributed by atoms with Crippen LogP contribution < -0.4 is 0 Å². The lowest BCUT2D eigenvalue weighted by Gasteiger charge is -2.03. The van der Waals surface area contributed by atoms with Crippen LogP contribution in [-0.4, -0.2) is 22.6 Å². The van der Waals surface area contributed by atoms with Crippen molar-refractivity contribution in [1.82, 2.24) is 0 Å². The molecule has 0 bridgehead atoms. The standard InChI is InChI=1S/C11H11NO5/c1-2-17-10(11(13)14)7-8-4-3-5-9(6-8)12(15)16/h3-7H,2H2,1H3,(H,13,14). The van der Waals surface area contributed by atoms with Gasteiger partial charge in [-0.25, -0.2) is 4.79 Å². The zero-order valence-corrected chi connectivity index (χ0v) is 9.12. The summed E-state index contributed by atoms with van der Waals surface area (Å²) < 4.78 is 4.90. The van der Waals surface area contributed by atoms with E-state index in [2.05, 4.69) is 0 Å². The number of hydrogen-bond donors (Lipinski definition) is 1. The normalized spacial score (nSPS) is 11.0. The van der Waals surface area contributed by atoms with Crippen LogP contribution >= 0.6 is 0 Å². The van der Waals surface area contributed by atoms with E-state index in [1.807, 2.05) is 0 Å². The molecule has 0 aliphatic heterocycles. The van der Waals surface area contributed by atoms with E-state index < -0.39 is 10.9 Å². The van der Waals surface area contributed by atoms with E-state index in [1.165, 1.54) is 24.3 Å². The zero-order chi connectivity index (χ0) is 12.8. The largest absolute Gasteiger partial charge is 0.487 e. The number of nitrogens with zero attached hydrogens (tertiary/aromatic N) is 1. The lowest BCUT2D eigenvalue weighted by Crippen LogP contribution is -2.04. The highest BCUT2D eigenvalue weighted by atomic mass is 16.6. The number of carboxylic acid groups (broad SMARTS) is 1. The lowest BCUT2D eigenvalue weighted by atomic mass is 10.2. The van der Waals surface area contributed by atoms with Gasteiger partial charge in [0.1, 0.15) is 0 Å². The SMILES string of the molecule is CCOC(=Cc1cccc([N+](=O)[O-])c1)C(=O)O. The summed E-state index contributed by atoms with van der Waals surface area (Å²) in [7, 11) is 0. The summed E-state index contributed by atoms with van der Waals surface area (Å²) in [5, 5.41) is 19.4. The molecule has 6 heteroatoms. The van der Waals surface area contributed by atoms with Gasteiger partial charge in [0.15, 0.2) is 0 Å². The van der Waals surface area contributed by atoms with Crippen LogP contribution in [0.2, 0.25) is 0 Å². The van der Waals surface area contributed by atoms with Crippen LogP contribution in [0.5, 0.6) is 0 Å². The molecule has 1 aromatic rings. The van der Waals surface area contributed by atoms with E-state index in [9.17, 15) is 14.9 Å². The summed E-state index contributed by atoms with van der Waals surface area (Å²) in [4.78, 5) is 20.8. The van der Waals surface area contributed by atoms with Crippen LogP contribution in [0.15, 0.2) is 30.0 Å². The summed E-state index contributed by atoms with van der Waals surface area (Å²) in [5.74, 6) is -1.45. The minimum atomic E-state index is -1.21. The second-order valence-electron chi connectivity index (χ2n) is 3.10. The molecule has 0 saturated heterocycles. The Balaban J connectivity index is 3.06. The smallest absolute Gasteiger partial charge is 0.371 e. The molecule has 0 saturated carbocycles.